The molecule has 0 saturated carbocycles. The first-order chi connectivity index (χ1) is 9.74. The molecule has 0 N–H and O–H groups in total. The maximum absolute atomic E-state index is 11.8. The molecule has 4 heteroatoms. The molecule has 104 valence electrons. The van der Waals surface area contributed by atoms with Crippen LogP contribution in [0.2, 0.25) is 0 Å². The lowest BCUT2D eigenvalue weighted by Gasteiger charge is -2.31. The summed E-state index contributed by atoms with van der Waals surface area (Å²) < 4.78 is 10.6. The molecule has 0 bridgehead atoms. The highest BCUT2D eigenvalue weighted by molar-refractivity contribution is 5.95. The Morgan fingerprint density at radius 2 is 2.00 bits per heavy atom. The van der Waals surface area contributed by atoms with E-state index in [1.54, 1.807) is 0 Å². The van der Waals surface area contributed by atoms with E-state index >= 15 is 0 Å². The van der Waals surface area contributed by atoms with Crippen LogP contribution in [0.5, 0.6) is 0 Å². The lowest BCUT2D eigenvalue weighted by molar-refractivity contribution is -0.154. The van der Waals surface area contributed by atoms with Crippen molar-refractivity contribution in [2.24, 2.45) is 11.8 Å². The second-order valence-corrected chi connectivity index (χ2v) is 5.93. The van der Waals surface area contributed by atoms with Gasteiger partial charge >= 0.3 is 11.9 Å². The molecular weight excluding hydrogens is 256 g/mol. The highest BCUT2D eigenvalue weighted by atomic mass is 16.6. The predicted octanol–water partition coefficient (Wildman–Crippen LogP) is 1.82. The topological polar surface area (TPSA) is 52.6 Å². The molecule has 2 aliphatic heterocycles. The lowest BCUT2D eigenvalue weighted by atomic mass is 9.72. The smallest absolute Gasteiger partial charge is 0.319 e. The van der Waals surface area contributed by atoms with Gasteiger partial charge < -0.3 is 9.47 Å². The molecule has 4 nitrogen and oxygen atoms in total. The summed E-state index contributed by atoms with van der Waals surface area (Å²) in [6.07, 6.45) is 2.12. The molecule has 4 rings (SSSR count). The zero-order valence-electron chi connectivity index (χ0n) is 11.1. The van der Waals surface area contributed by atoms with Crippen molar-refractivity contribution in [3.05, 3.63) is 35.4 Å². The molecule has 0 radical (unpaired) electrons. The van der Waals surface area contributed by atoms with Crippen LogP contribution in [0.25, 0.3) is 0 Å². The average Bonchev–Trinajstić information content (AvgIpc) is 3.01. The van der Waals surface area contributed by atoms with E-state index in [1.165, 1.54) is 11.1 Å². The average molecular weight is 272 g/mol. The van der Waals surface area contributed by atoms with E-state index in [1.807, 2.05) is 6.07 Å². The van der Waals surface area contributed by atoms with Gasteiger partial charge in [0.05, 0.1) is 25.0 Å². The minimum atomic E-state index is -0.427. The van der Waals surface area contributed by atoms with Crippen molar-refractivity contribution in [2.75, 3.05) is 6.61 Å². The summed E-state index contributed by atoms with van der Waals surface area (Å²) in [6, 6.07) is 8.38. The van der Waals surface area contributed by atoms with Crippen LogP contribution >= 0.6 is 0 Å². The van der Waals surface area contributed by atoms with E-state index in [0.717, 1.165) is 12.8 Å². The molecule has 2 fully saturated rings. The summed E-state index contributed by atoms with van der Waals surface area (Å²) in [7, 11) is 0. The van der Waals surface area contributed by atoms with Crippen molar-refractivity contribution in [1.29, 1.82) is 0 Å². The van der Waals surface area contributed by atoms with Gasteiger partial charge in [-0.25, -0.2) is 0 Å². The van der Waals surface area contributed by atoms with Gasteiger partial charge in [-0.15, -0.1) is 0 Å². The number of aryl methyl sites for hydroxylation is 1. The number of rotatable bonds is 1. The quantitative estimate of drug-likeness (QED) is 0.578. The summed E-state index contributed by atoms with van der Waals surface area (Å²) in [5.74, 6) is -0.578. The van der Waals surface area contributed by atoms with Crippen LogP contribution < -0.4 is 0 Å². The molecule has 1 aliphatic carbocycles. The summed E-state index contributed by atoms with van der Waals surface area (Å²) in [6.45, 7) is 0.682. The molecule has 0 amide bonds. The second kappa shape index (κ2) is 4.42. The molecule has 3 aliphatic rings. The van der Waals surface area contributed by atoms with Crippen molar-refractivity contribution in [3.63, 3.8) is 0 Å². The predicted molar refractivity (Wildman–Crippen MR) is 69.9 cm³/mol. The summed E-state index contributed by atoms with van der Waals surface area (Å²) in [4.78, 5) is 23.2. The third-order valence-electron chi connectivity index (χ3n) is 4.86. The number of carbonyl (C=O) groups is 2. The van der Waals surface area contributed by atoms with E-state index in [0.29, 0.717) is 12.5 Å². The van der Waals surface area contributed by atoms with E-state index in [9.17, 15) is 9.59 Å². The lowest BCUT2D eigenvalue weighted by Crippen LogP contribution is -2.32. The normalized spacial score (nSPS) is 35.6. The third-order valence-corrected chi connectivity index (χ3v) is 4.86. The SMILES string of the molecule is O=C1CC(C2OCC3CCc4ccccc4C32)C(=O)O1. The van der Waals surface area contributed by atoms with Crippen molar-refractivity contribution < 1.29 is 19.1 Å². The van der Waals surface area contributed by atoms with E-state index in [4.69, 9.17) is 9.47 Å². The molecule has 2 saturated heterocycles. The number of esters is 2. The van der Waals surface area contributed by atoms with Gasteiger partial charge in [0.2, 0.25) is 0 Å². The summed E-state index contributed by atoms with van der Waals surface area (Å²) in [5, 5.41) is 0. The van der Waals surface area contributed by atoms with Gasteiger partial charge in [-0.3, -0.25) is 9.59 Å². The minimum Gasteiger partial charge on any atom is -0.393 e. The van der Waals surface area contributed by atoms with Crippen LogP contribution in [-0.2, 0) is 25.5 Å². The summed E-state index contributed by atoms with van der Waals surface area (Å²) >= 11 is 0. The molecule has 20 heavy (non-hydrogen) atoms. The second-order valence-electron chi connectivity index (χ2n) is 5.93. The molecule has 2 heterocycles. The standard InChI is InChI=1S/C16H16O4/c17-13-7-12(16(18)20-13)15-14-10(8-19-15)6-5-9-3-1-2-4-11(9)14/h1-4,10,12,14-15H,5-8H2. The van der Waals surface area contributed by atoms with Crippen molar-refractivity contribution in [2.45, 2.75) is 31.3 Å². The summed E-state index contributed by atoms with van der Waals surface area (Å²) in [5.41, 5.74) is 2.64. The van der Waals surface area contributed by atoms with E-state index in [-0.39, 0.29) is 18.4 Å². The van der Waals surface area contributed by atoms with Crippen molar-refractivity contribution in [3.8, 4) is 0 Å². The molecule has 1 aromatic rings. The Bertz CT molecular complexity index is 580. The van der Waals surface area contributed by atoms with Crippen LogP contribution in [0.3, 0.4) is 0 Å². The van der Waals surface area contributed by atoms with Gasteiger partial charge in [0.1, 0.15) is 0 Å². The number of benzene rings is 1. The number of carbonyl (C=O) groups excluding carboxylic acids is 2. The van der Waals surface area contributed by atoms with E-state index in [2.05, 4.69) is 18.2 Å². The van der Waals surface area contributed by atoms with Gasteiger partial charge in [0, 0.05) is 5.92 Å². The number of hydrogen-bond acceptors (Lipinski definition) is 4. The minimum absolute atomic E-state index is 0.162. The Morgan fingerprint density at radius 3 is 2.80 bits per heavy atom. The fourth-order valence-corrected chi connectivity index (χ4v) is 3.94. The van der Waals surface area contributed by atoms with Gasteiger partial charge in [-0.1, -0.05) is 24.3 Å². The Kier molecular flexibility index (Phi) is 2.67. The fourth-order valence-electron chi connectivity index (χ4n) is 3.94. The van der Waals surface area contributed by atoms with Crippen LogP contribution in [0.4, 0.5) is 0 Å². The Labute approximate surface area is 117 Å². The highest BCUT2D eigenvalue weighted by Crippen LogP contribution is 2.47. The maximum atomic E-state index is 11.8. The molecule has 4 unspecified atom stereocenters. The first kappa shape index (κ1) is 12.1. The Balaban J connectivity index is 1.70. The van der Waals surface area contributed by atoms with E-state index < -0.39 is 17.9 Å². The number of fused-ring (bicyclic) bond motifs is 3. The zero-order valence-corrected chi connectivity index (χ0v) is 11.1. The van der Waals surface area contributed by atoms with Crippen molar-refractivity contribution >= 4 is 11.9 Å². The van der Waals surface area contributed by atoms with Gasteiger partial charge in [0.15, 0.2) is 0 Å². The molecule has 0 spiro atoms. The van der Waals surface area contributed by atoms with Crippen LogP contribution in [0.15, 0.2) is 24.3 Å². The molecule has 0 aromatic heterocycles. The van der Waals surface area contributed by atoms with Crippen molar-refractivity contribution in [1.82, 2.24) is 0 Å². The number of hydrogen-bond donors (Lipinski definition) is 0. The fraction of sp³-hybridized carbons (Fsp3) is 0.500. The maximum Gasteiger partial charge on any atom is 0.319 e. The number of cyclic esters (lactones) is 2. The van der Waals surface area contributed by atoms with Crippen LogP contribution in [0, 0.1) is 11.8 Å². The Hall–Kier alpha value is -1.68. The van der Waals surface area contributed by atoms with Gasteiger partial charge in [-0.2, -0.15) is 0 Å². The van der Waals surface area contributed by atoms with Crippen LogP contribution in [0.1, 0.15) is 29.9 Å². The highest BCUT2D eigenvalue weighted by Gasteiger charge is 2.50. The number of ether oxygens (including phenoxy) is 2. The monoisotopic (exact) mass is 272 g/mol. The molecule has 4 atom stereocenters. The van der Waals surface area contributed by atoms with Gasteiger partial charge in [-0.05, 0) is 29.9 Å². The van der Waals surface area contributed by atoms with Crippen LogP contribution in [-0.4, -0.2) is 24.6 Å². The first-order valence-corrected chi connectivity index (χ1v) is 7.18. The largest absolute Gasteiger partial charge is 0.393 e. The van der Waals surface area contributed by atoms with Gasteiger partial charge in [0.25, 0.3) is 0 Å². The molecule has 1 aromatic carbocycles. The molecular formula is C16H16O4. The zero-order chi connectivity index (χ0) is 13.7. The third kappa shape index (κ3) is 1.71. The Morgan fingerprint density at radius 1 is 1.15 bits per heavy atom. The first-order valence-electron chi connectivity index (χ1n) is 7.18.